The van der Waals surface area contributed by atoms with Crippen LogP contribution in [0.3, 0.4) is 0 Å². The molecule has 0 atom stereocenters. The highest BCUT2D eigenvalue weighted by molar-refractivity contribution is 8.00. The van der Waals surface area contributed by atoms with Gasteiger partial charge in [-0.1, -0.05) is 47.1 Å². The van der Waals surface area contributed by atoms with Gasteiger partial charge in [0.1, 0.15) is 5.56 Å². The third-order valence-corrected chi connectivity index (χ3v) is 7.64. The zero-order valence-corrected chi connectivity index (χ0v) is 20.1. The number of halogens is 2. The number of aromatic carboxylic acids is 1. The van der Waals surface area contributed by atoms with E-state index in [-0.39, 0.29) is 5.56 Å². The lowest BCUT2D eigenvalue weighted by atomic mass is 10.0. The summed E-state index contributed by atoms with van der Waals surface area (Å²) in [6.45, 7) is 0. The van der Waals surface area contributed by atoms with Gasteiger partial charge in [-0.2, -0.15) is 0 Å². The zero-order chi connectivity index (χ0) is 24.4. The molecule has 3 aromatic carbocycles. The highest BCUT2D eigenvalue weighted by atomic mass is 35.5. The molecule has 0 spiro atoms. The van der Waals surface area contributed by atoms with E-state index in [9.17, 15) is 24.8 Å². The van der Waals surface area contributed by atoms with E-state index in [0.717, 1.165) is 26.2 Å². The maximum atomic E-state index is 12.7. The molecule has 34 heavy (non-hydrogen) atoms. The summed E-state index contributed by atoms with van der Waals surface area (Å²) in [5.74, 6) is -1.68. The molecular weight excluding hydrogens is 521 g/mol. The van der Waals surface area contributed by atoms with Crippen LogP contribution < -0.4 is 5.32 Å². The first kappa shape index (κ1) is 24.0. The van der Waals surface area contributed by atoms with Gasteiger partial charge in [-0.15, -0.1) is 11.3 Å². The summed E-state index contributed by atoms with van der Waals surface area (Å²) >= 11 is 15.0. The first-order chi connectivity index (χ1) is 16.2. The van der Waals surface area contributed by atoms with Crippen molar-refractivity contribution in [2.45, 2.75) is 10.1 Å². The van der Waals surface area contributed by atoms with Crippen LogP contribution in [0.1, 0.15) is 26.3 Å². The highest BCUT2D eigenvalue weighted by Gasteiger charge is 2.27. The molecule has 0 unspecified atom stereocenters. The average Bonchev–Trinajstić information content (AvgIpc) is 3.21. The number of hydrogen-bond donors (Lipinski definition) is 2. The van der Waals surface area contributed by atoms with Gasteiger partial charge < -0.3 is 10.4 Å². The van der Waals surface area contributed by atoms with E-state index in [2.05, 4.69) is 10.3 Å². The lowest BCUT2D eigenvalue weighted by molar-refractivity contribution is -0.385. The maximum Gasteiger partial charge on any atom is 0.343 e. The largest absolute Gasteiger partial charge is 0.477 e. The number of nitro benzene ring substituents is 1. The fraction of sp³-hybridized carbons (Fsp3) is 0.0455. The molecule has 172 valence electrons. The van der Waals surface area contributed by atoms with E-state index in [0.29, 0.717) is 21.5 Å². The van der Waals surface area contributed by atoms with Crippen LogP contribution in [0.25, 0.3) is 10.2 Å². The van der Waals surface area contributed by atoms with Crippen molar-refractivity contribution in [2.75, 3.05) is 5.32 Å². The predicted octanol–water partition coefficient (Wildman–Crippen LogP) is 6.75. The summed E-state index contributed by atoms with van der Waals surface area (Å²) in [4.78, 5) is 39.2. The summed E-state index contributed by atoms with van der Waals surface area (Å²) in [6, 6.07) is 14.1. The number of carboxylic acids is 1. The number of carbonyl (C=O) groups excluding carboxylic acids is 1. The van der Waals surface area contributed by atoms with Crippen LogP contribution in [-0.2, 0) is 5.75 Å². The second kappa shape index (κ2) is 9.98. The van der Waals surface area contributed by atoms with Crippen LogP contribution in [-0.4, -0.2) is 26.9 Å². The minimum Gasteiger partial charge on any atom is -0.477 e. The van der Waals surface area contributed by atoms with Gasteiger partial charge in [0.05, 0.1) is 30.7 Å². The van der Waals surface area contributed by atoms with Gasteiger partial charge in [0.2, 0.25) is 0 Å². The molecule has 4 rings (SSSR count). The molecule has 0 saturated heterocycles. The van der Waals surface area contributed by atoms with Crippen molar-refractivity contribution in [3.8, 4) is 0 Å². The van der Waals surface area contributed by atoms with Crippen LogP contribution in [0.2, 0.25) is 10.0 Å². The fourth-order valence-electron chi connectivity index (χ4n) is 3.12. The fourth-order valence-corrected chi connectivity index (χ4v) is 5.49. The number of hydrogen-bond acceptors (Lipinski definition) is 7. The second-order valence-corrected chi connectivity index (χ2v) is 9.98. The van der Waals surface area contributed by atoms with Crippen molar-refractivity contribution in [3.63, 3.8) is 0 Å². The van der Waals surface area contributed by atoms with Crippen LogP contribution >= 0.6 is 46.3 Å². The van der Waals surface area contributed by atoms with Crippen molar-refractivity contribution in [3.05, 3.63) is 91.4 Å². The van der Waals surface area contributed by atoms with Crippen molar-refractivity contribution in [2.24, 2.45) is 0 Å². The number of nitrogens with zero attached hydrogens (tertiary/aromatic N) is 2. The molecule has 0 aliphatic carbocycles. The first-order valence-electron chi connectivity index (χ1n) is 9.52. The Morgan fingerprint density at radius 3 is 2.62 bits per heavy atom. The molecule has 0 aliphatic rings. The maximum absolute atomic E-state index is 12.7. The van der Waals surface area contributed by atoms with Crippen LogP contribution in [0, 0.1) is 10.1 Å². The van der Waals surface area contributed by atoms with Crippen LogP contribution in [0.4, 0.5) is 11.4 Å². The first-order valence-corrected chi connectivity index (χ1v) is 12.1. The monoisotopic (exact) mass is 533 g/mol. The number of benzene rings is 3. The minimum atomic E-state index is -1.56. The normalized spacial score (nSPS) is 10.9. The Kier molecular flexibility index (Phi) is 7.03. The second-order valence-electron chi connectivity index (χ2n) is 6.92. The number of amides is 1. The van der Waals surface area contributed by atoms with E-state index < -0.39 is 28.1 Å². The zero-order valence-electron chi connectivity index (χ0n) is 17.0. The Bertz CT molecular complexity index is 1460. The molecule has 1 heterocycles. The number of anilines is 1. The quantitative estimate of drug-likeness (QED) is 0.153. The molecule has 0 saturated carbocycles. The Morgan fingerprint density at radius 2 is 1.91 bits per heavy atom. The van der Waals surface area contributed by atoms with E-state index >= 15 is 0 Å². The van der Waals surface area contributed by atoms with Crippen molar-refractivity contribution in [1.29, 1.82) is 0 Å². The van der Waals surface area contributed by atoms with E-state index in [1.165, 1.54) is 35.2 Å². The average molecular weight is 534 g/mol. The third-order valence-electron chi connectivity index (χ3n) is 4.67. The number of aromatic nitrogens is 1. The number of nitro groups is 1. The van der Waals surface area contributed by atoms with Crippen molar-refractivity contribution < 1.29 is 19.6 Å². The number of fused-ring (bicyclic) bond motifs is 1. The molecule has 12 heteroatoms. The number of carboxylic acid groups (broad SMARTS) is 1. The molecule has 0 radical (unpaired) electrons. The SMILES string of the molecule is O=C(Nc1ccc2nc(SCc3ccc(Cl)c(Cl)c3)sc2c1)c1cccc([N+](=O)[O-])c1C(=O)O. The Balaban J connectivity index is 1.53. The molecule has 0 bridgehead atoms. The van der Waals surface area contributed by atoms with E-state index in [4.69, 9.17) is 23.2 Å². The molecule has 1 aromatic heterocycles. The third kappa shape index (κ3) is 5.15. The van der Waals surface area contributed by atoms with Gasteiger partial charge in [-0.25, -0.2) is 9.78 Å². The summed E-state index contributed by atoms with van der Waals surface area (Å²) in [6.07, 6.45) is 0. The topological polar surface area (TPSA) is 122 Å². The minimum absolute atomic E-state index is 0.302. The molecular formula is C22H13Cl2N3O5S2. The number of carbonyl (C=O) groups is 2. The highest BCUT2D eigenvalue weighted by Crippen LogP contribution is 2.34. The van der Waals surface area contributed by atoms with Gasteiger partial charge in [0.25, 0.3) is 11.6 Å². The summed E-state index contributed by atoms with van der Waals surface area (Å²) in [5, 5.41) is 24.2. The van der Waals surface area contributed by atoms with Gasteiger partial charge in [-0.3, -0.25) is 14.9 Å². The van der Waals surface area contributed by atoms with Gasteiger partial charge in [-0.05, 0) is 42.0 Å². The molecule has 8 nitrogen and oxygen atoms in total. The Hall–Kier alpha value is -3.18. The molecule has 0 fully saturated rings. The van der Waals surface area contributed by atoms with Gasteiger partial charge in [0, 0.05) is 17.5 Å². The van der Waals surface area contributed by atoms with E-state index in [1.54, 1.807) is 30.3 Å². The predicted molar refractivity (Wildman–Crippen MR) is 134 cm³/mol. The van der Waals surface area contributed by atoms with E-state index in [1.807, 2.05) is 6.07 Å². The summed E-state index contributed by atoms with van der Waals surface area (Å²) < 4.78 is 1.63. The summed E-state index contributed by atoms with van der Waals surface area (Å²) in [7, 11) is 0. The Morgan fingerprint density at radius 1 is 1.12 bits per heavy atom. The molecule has 2 N–H and O–H groups in total. The number of rotatable bonds is 7. The summed E-state index contributed by atoms with van der Waals surface area (Å²) in [5.41, 5.74) is 0.527. The lowest BCUT2D eigenvalue weighted by Gasteiger charge is -2.08. The molecule has 0 aliphatic heterocycles. The van der Waals surface area contributed by atoms with Crippen molar-refractivity contribution >= 4 is 79.8 Å². The molecule has 4 aromatic rings. The smallest absolute Gasteiger partial charge is 0.343 e. The van der Waals surface area contributed by atoms with Crippen LogP contribution in [0.5, 0.6) is 0 Å². The van der Waals surface area contributed by atoms with Crippen molar-refractivity contribution in [1.82, 2.24) is 4.98 Å². The van der Waals surface area contributed by atoms with Crippen LogP contribution in [0.15, 0.2) is 58.9 Å². The Labute approximate surface area is 210 Å². The van der Waals surface area contributed by atoms with Gasteiger partial charge >= 0.3 is 5.97 Å². The molecule has 1 amide bonds. The number of nitrogens with one attached hydrogen (secondary N) is 1. The number of thiazole rings is 1. The standard InChI is InChI=1S/C22H13Cl2N3O5S2/c23-14-6-4-11(8-15(14)24)10-33-22-26-16-7-5-12(9-18(16)34-22)25-20(28)13-2-1-3-17(27(31)32)19(13)21(29)30/h1-9H,10H2,(H,25,28)(H,29,30). The van der Waals surface area contributed by atoms with Gasteiger partial charge in [0.15, 0.2) is 4.34 Å². The number of thioether (sulfide) groups is 1. The lowest BCUT2D eigenvalue weighted by Crippen LogP contribution is -2.17.